The molecule has 0 saturated carbocycles. The fourth-order valence-electron chi connectivity index (χ4n) is 2.70. The summed E-state index contributed by atoms with van der Waals surface area (Å²) in [5, 5.41) is 0. The van der Waals surface area contributed by atoms with Crippen molar-refractivity contribution in [3.8, 4) is 0 Å². The van der Waals surface area contributed by atoms with Crippen LogP contribution in [-0.2, 0) is 0 Å². The third kappa shape index (κ3) is 1.37. The highest BCUT2D eigenvalue weighted by Crippen LogP contribution is 2.32. The van der Waals surface area contributed by atoms with E-state index in [1.165, 1.54) is 4.90 Å². The van der Waals surface area contributed by atoms with Gasteiger partial charge in [0.25, 0.3) is 11.8 Å². The van der Waals surface area contributed by atoms with E-state index < -0.39 is 0 Å². The van der Waals surface area contributed by atoms with Crippen molar-refractivity contribution in [1.29, 1.82) is 0 Å². The summed E-state index contributed by atoms with van der Waals surface area (Å²) in [7, 11) is 0. The molecule has 3 heteroatoms. The van der Waals surface area contributed by atoms with Crippen LogP contribution in [0.25, 0.3) is 0 Å². The zero-order chi connectivity index (χ0) is 12.7. The second-order valence-corrected chi connectivity index (χ2v) is 4.53. The molecule has 1 heterocycles. The van der Waals surface area contributed by atoms with Crippen LogP contribution < -0.4 is 0 Å². The molecule has 1 aliphatic carbocycles. The third-order valence-corrected chi connectivity index (χ3v) is 3.58. The molecule has 3 rings (SSSR count). The summed E-state index contributed by atoms with van der Waals surface area (Å²) < 4.78 is 0. The smallest absolute Gasteiger partial charge is 0.262 e. The number of rotatable bonds is 2. The van der Waals surface area contributed by atoms with Gasteiger partial charge in [0.2, 0.25) is 0 Å². The van der Waals surface area contributed by atoms with Crippen molar-refractivity contribution in [2.45, 2.75) is 18.9 Å². The third-order valence-electron chi connectivity index (χ3n) is 3.58. The van der Waals surface area contributed by atoms with Gasteiger partial charge >= 0.3 is 0 Å². The summed E-state index contributed by atoms with van der Waals surface area (Å²) in [5.41, 5.74) is 2.00. The first-order valence-corrected chi connectivity index (χ1v) is 6.03. The molecule has 0 bridgehead atoms. The highest BCUT2D eigenvalue weighted by Gasteiger charge is 2.41. The highest BCUT2D eigenvalue weighted by molar-refractivity contribution is 6.21. The maximum atomic E-state index is 12.3. The summed E-state index contributed by atoms with van der Waals surface area (Å²) in [4.78, 5) is 26.0. The Morgan fingerprint density at radius 1 is 1.17 bits per heavy atom. The van der Waals surface area contributed by atoms with Crippen LogP contribution in [0.15, 0.2) is 48.6 Å². The largest absolute Gasteiger partial charge is 0.269 e. The molecule has 1 aliphatic heterocycles. The number of carbonyl (C=O) groups is 2. The number of hydrogen-bond acceptors (Lipinski definition) is 2. The molecule has 1 aromatic carbocycles. The molecular formula is C15H13NO2. The predicted octanol–water partition coefficient (Wildman–Crippen LogP) is 2.56. The molecule has 0 fully saturated rings. The average molecular weight is 239 g/mol. The van der Waals surface area contributed by atoms with Gasteiger partial charge in [-0.15, -0.1) is 0 Å². The van der Waals surface area contributed by atoms with Crippen LogP contribution in [0, 0.1) is 0 Å². The first kappa shape index (κ1) is 11.0. The second-order valence-electron chi connectivity index (χ2n) is 4.53. The summed E-state index contributed by atoms with van der Waals surface area (Å²) in [6, 6.07) is 6.84. The molecule has 2 amide bonds. The number of benzene rings is 1. The lowest BCUT2D eigenvalue weighted by molar-refractivity contribution is 0.0610. The van der Waals surface area contributed by atoms with Gasteiger partial charge in [-0.05, 0) is 30.5 Å². The van der Waals surface area contributed by atoms with Crippen LogP contribution in [0.3, 0.4) is 0 Å². The van der Waals surface area contributed by atoms with Crippen LogP contribution in [-0.4, -0.2) is 22.8 Å². The van der Waals surface area contributed by atoms with Crippen LogP contribution in [0.1, 0.15) is 33.6 Å². The van der Waals surface area contributed by atoms with E-state index >= 15 is 0 Å². The van der Waals surface area contributed by atoms with Crippen molar-refractivity contribution in [3.05, 3.63) is 59.7 Å². The Hall–Kier alpha value is -2.16. The Kier molecular flexibility index (Phi) is 2.40. The minimum Gasteiger partial charge on any atom is -0.269 e. The van der Waals surface area contributed by atoms with Crippen molar-refractivity contribution in [3.63, 3.8) is 0 Å². The predicted molar refractivity (Wildman–Crippen MR) is 68.2 cm³/mol. The molecule has 2 aliphatic rings. The number of nitrogens with zero attached hydrogens (tertiary/aromatic N) is 1. The van der Waals surface area contributed by atoms with E-state index in [1.807, 2.05) is 6.08 Å². The van der Waals surface area contributed by atoms with Crippen LogP contribution >= 0.6 is 0 Å². The van der Waals surface area contributed by atoms with Gasteiger partial charge in [-0.3, -0.25) is 14.5 Å². The number of imide groups is 1. The normalized spacial score (nSPS) is 22.1. The number of carbonyl (C=O) groups excluding carboxylic acids is 2. The van der Waals surface area contributed by atoms with Crippen molar-refractivity contribution in [1.82, 2.24) is 4.90 Å². The summed E-state index contributed by atoms with van der Waals surface area (Å²) >= 11 is 0. The quantitative estimate of drug-likeness (QED) is 0.744. The minimum absolute atomic E-state index is 0.144. The average Bonchev–Trinajstić information content (AvgIpc) is 2.95. The maximum absolute atomic E-state index is 12.3. The number of hydrogen-bond donors (Lipinski definition) is 0. The van der Waals surface area contributed by atoms with Gasteiger partial charge in [0, 0.05) is 0 Å². The van der Waals surface area contributed by atoms with Gasteiger partial charge in [0.1, 0.15) is 0 Å². The van der Waals surface area contributed by atoms with Crippen molar-refractivity contribution in [2.75, 3.05) is 0 Å². The lowest BCUT2D eigenvalue weighted by atomic mass is 10.1. The van der Waals surface area contributed by atoms with Gasteiger partial charge in [-0.25, -0.2) is 0 Å². The molecular weight excluding hydrogens is 226 g/mol. The van der Waals surface area contributed by atoms with E-state index in [-0.39, 0.29) is 17.9 Å². The van der Waals surface area contributed by atoms with E-state index in [2.05, 4.69) is 6.58 Å². The molecule has 0 N–H and O–H groups in total. The van der Waals surface area contributed by atoms with E-state index in [4.69, 9.17) is 0 Å². The van der Waals surface area contributed by atoms with Gasteiger partial charge < -0.3 is 0 Å². The van der Waals surface area contributed by atoms with E-state index in [9.17, 15) is 9.59 Å². The highest BCUT2D eigenvalue weighted by atomic mass is 16.2. The Morgan fingerprint density at radius 3 is 2.33 bits per heavy atom. The van der Waals surface area contributed by atoms with Gasteiger partial charge in [0.15, 0.2) is 0 Å². The maximum Gasteiger partial charge on any atom is 0.262 e. The molecule has 0 radical (unpaired) electrons. The van der Waals surface area contributed by atoms with E-state index in [0.717, 1.165) is 18.4 Å². The van der Waals surface area contributed by atoms with Crippen LogP contribution in [0.4, 0.5) is 0 Å². The van der Waals surface area contributed by atoms with Gasteiger partial charge in [0.05, 0.1) is 17.2 Å². The number of allylic oxidation sites excluding steroid dienone is 1. The van der Waals surface area contributed by atoms with Gasteiger partial charge in [-0.2, -0.15) is 0 Å². The molecule has 1 aromatic rings. The Bertz CT molecular complexity index is 551. The Morgan fingerprint density at radius 2 is 1.78 bits per heavy atom. The van der Waals surface area contributed by atoms with Crippen molar-refractivity contribution >= 4 is 11.8 Å². The van der Waals surface area contributed by atoms with E-state index in [0.29, 0.717) is 11.1 Å². The molecule has 0 aromatic heterocycles. The standard InChI is InChI=1S/C15H13NO2/c1-2-10-6-5-9-13(10)16-14(17)11-7-3-4-8-12(11)15(16)18/h2-4,6-8,13H,1,5,9H2. The molecule has 1 atom stereocenters. The molecule has 1 unspecified atom stereocenters. The monoisotopic (exact) mass is 239 g/mol. The minimum atomic E-state index is -0.185. The fourth-order valence-corrected chi connectivity index (χ4v) is 2.70. The molecule has 18 heavy (non-hydrogen) atoms. The molecule has 0 saturated heterocycles. The topological polar surface area (TPSA) is 37.4 Å². The Balaban J connectivity index is 2.02. The SMILES string of the molecule is C=CC1=CCCC1N1C(=O)c2ccccc2C1=O. The zero-order valence-corrected chi connectivity index (χ0v) is 9.93. The van der Waals surface area contributed by atoms with E-state index in [1.54, 1.807) is 30.3 Å². The lowest BCUT2D eigenvalue weighted by Gasteiger charge is -2.23. The Labute approximate surface area is 105 Å². The number of amides is 2. The molecule has 0 spiro atoms. The second kappa shape index (κ2) is 3.95. The summed E-state index contributed by atoms with van der Waals surface area (Å²) in [6.07, 6.45) is 5.47. The summed E-state index contributed by atoms with van der Waals surface area (Å²) in [6.45, 7) is 3.75. The summed E-state index contributed by atoms with van der Waals surface area (Å²) in [5.74, 6) is -0.370. The number of fused-ring (bicyclic) bond motifs is 1. The van der Waals surface area contributed by atoms with Crippen molar-refractivity contribution in [2.24, 2.45) is 0 Å². The van der Waals surface area contributed by atoms with Crippen molar-refractivity contribution < 1.29 is 9.59 Å². The molecule has 3 nitrogen and oxygen atoms in total. The first-order chi connectivity index (χ1) is 8.74. The molecule has 90 valence electrons. The zero-order valence-electron chi connectivity index (χ0n) is 9.93. The van der Waals surface area contributed by atoms with Gasteiger partial charge in [-0.1, -0.05) is 30.9 Å². The lowest BCUT2D eigenvalue weighted by Crippen LogP contribution is -2.39. The van der Waals surface area contributed by atoms with Crippen LogP contribution in [0.2, 0.25) is 0 Å². The fraction of sp³-hybridized carbons (Fsp3) is 0.200. The van der Waals surface area contributed by atoms with Crippen LogP contribution in [0.5, 0.6) is 0 Å². The first-order valence-electron chi connectivity index (χ1n) is 6.03.